The lowest BCUT2D eigenvalue weighted by Gasteiger charge is -2.09. The van der Waals surface area contributed by atoms with Crippen molar-refractivity contribution < 1.29 is 5.11 Å². The summed E-state index contributed by atoms with van der Waals surface area (Å²) in [7, 11) is 0. The molecule has 1 rings (SSSR count). The first-order valence-electron chi connectivity index (χ1n) is 3.86. The summed E-state index contributed by atoms with van der Waals surface area (Å²) in [5.41, 5.74) is 6.76. The molecule has 0 bridgehead atoms. The van der Waals surface area contributed by atoms with Crippen molar-refractivity contribution in [3.05, 3.63) is 34.9 Å². The van der Waals surface area contributed by atoms with E-state index >= 15 is 0 Å². The summed E-state index contributed by atoms with van der Waals surface area (Å²) in [5, 5.41) is 9.35. The third-order valence-electron chi connectivity index (χ3n) is 1.74. The van der Waals surface area contributed by atoms with E-state index in [-0.39, 0.29) is 25.1 Å². The fourth-order valence-corrected chi connectivity index (χ4v) is 1.14. The summed E-state index contributed by atoms with van der Waals surface area (Å²) in [4.78, 5) is 0. The molecule has 0 saturated carbocycles. The lowest BCUT2D eigenvalue weighted by Crippen LogP contribution is -2.11. The van der Waals surface area contributed by atoms with E-state index in [2.05, 4.69) is 0 Å². The van der Waals surface area contributed by atoms with Crippen LogP contribution in [0.15, 0.2) is 24.3 Å². The number of nitrogens with two attached hydrogens (primary N) is 1. The van der Waals surface area contributed by atoms with Crippen molar-refractivity contribution >= 4 is 24.0 Å². The molecule has 0 aliphatic rings. The Bertz CT molecular complexity index is 238. The van der Waals surface area contributed by atoms with Crippen LogP contribution < -0.4 is 5.73 Å². The van der Waals surface area contributed by atoms with Gasteiger partial charge < -0.3 is 10.8 Å². The van der Waals surface area contributed by atoms with Crippen molar-refractivity contribution in [3.8, 4) is 0 Å². The molecule has 13 heavy (non-hydrogen) atoms. The van der Waals surface area contributed by atoms with Crippen LogP contribution in [0.5, 0.6) is 0 Å². The van der Waals surface area contributed by atoms with Gasteiger partial charge in [-0.1, -0.05) is 23.7 Å². The van der Waals surface area contributed by atoms with Crippen LogP contribution in [-0.2, 0) is 0 Å². The van der Waals surface area contributed by atoms with Crippen LogP contribution in [0.1, 0.15) is 18.0 Å². The Balaban J connectivity index is 0.00000144. The second-order valence-electron chi connectivity index (χ2n) is 2.67. The fourth-order valence-electron chi connectivity index (χ4n) is 1.02. The monoisotopic (exact) mass is 221 g/mol. The SMILES string of the molecule is Cl.NC(CCO)c1ccc(Cl)cc1. The van der Waals surface area contributed by atoms with Gasteiger partial charge >= 0.3 is 0 Å². The quantitative estimate of drug-likeness (QED) is 0.822. The first-order chi connectivity index (χ1) is 5.74. The van der Waals surface area contributed by atoms with Crippen molar-refractivity contribution in [2.45, 2.75) is 12.5 Å². The summed E-state index contributed by atoms with van der Waals surface area (Å²) in [6, 6.07) is 7.26. The summed E-state index contributed by atoms with van der Waals surface area (Å²) < 4.78 is 0. The second-order valence-corrected chi connectivity index (χ2v) is 3.11. The molecule has 1 aromatic rings. The molecule has 0 aliphatic heterocycles. The van der Waals surface area contributed by atoms with E-state index in [1.54, 1.807) is 12.1 Å². The average Bonchev–Trinajstić information content (AvgIpc) is 2.06. The number of halogens is 2. The first kappa shape index (κ1) is 12.7. The van der Waals surface area contributed by atoms with Crippen LogP contribution in [0.4, 0.5) is 0 Å². The highest BCUT2D eigenvalue weighted by molar-refractivity contribution is 6.30. The largest absolute Gasteiger partial charge is 0.396 e. The van der Waals surface area contributed by atoms with Gasteiger partial charge in [-0.15, -0.1) is 12.4 Å². The minimum absolute atomic E-state index is 0. The lowest BCUT2D eigenvalue weighted by atomic mass is 10.1. The Hall–Kier alpha value is -0.280. The number of benzene rings is 1. The first-order valence-corrected chi connectivity index (χ1v) is 4.23. The van der Waals surface area contributed by atoms with Crippen molar-refractivity contribution in [1.82, 2.24) is 0 Å². The average molecular weight is 222 g/mol. The molecule has 0 aliphatic carbocycles. The molecule has 0 amide bonds. The second kappa shape index (κ2) is 6.22. The Morgan fingerprint density at radius 3 is 2.31 bits per heavy atom. The molecular formula is C9H13Cl2NO. The zero-order valence-electron chi connectivity index (χ0n) is 7.11. The molecule has 4 heteroatoms. The van der Waals surface area contributed by atoms with Gasteiger partial charge in [0, 0.05) is 17.7 Å². The summed E-state index contributed by atoms with van der Waals surface area (Å²) in [6.07, 6.45) is 0.585. The standard InChI is InChI=1S/C9H12ClNO.ClH/c10-8-3-1-7(2-4-8)9(11)5-6-12;/h1-4,9,12H,5-6,11H2;1H. The molecule has 1 atom stereocenters. The van der Waals surface area contributed by atoms with Gasteiger partial charge in [0.1, 0.15) is 0 Å². The van der Waals surface area contributed by atoms with Gasteiger partial charge in [0.05, 0.1) is 0 Å². The molecule has 1 aromatic carbocycles. The number of hydrogen-bond donors (Lipinski definition) is 2. The molecule has 0 radical (unpaired) electrons. The van der Waals surface area contributed by atoms with E-state index < -0.39 is 0 Å². The molecule has 74 valence electrons. The molecule has 0 spiro atoms. The molecule has 1 unspecified atom stereocenters. The normalized spacial score (nSPS) is 11.9. The predicted octanol–water partition coefficient (Wildman–Crippen LogP) is 2.14. The van der Waals surface area contributed by atoms with Crippen LogP contribution in [0.3, 0.4) is 0 Å². The summed E-state index contributed by atoms with van der Waals surface area (Å²) in [6.45, 7) is 0.115. The van der Waals surface area contributed by atoms with E-state index in [4.69, 9.17) is 22.4 Å². The Morgan fingerprint density at radius 2 is 1.85 bits per heavy atom. The molecule has 0 fully saturated rings. The van der Waals surface area contributed by atoms with Gasteiger partial charge in [-0.05, 0) is 24.1 Å². The van der Waals surface area contributed by atoms with Gasteiger partial charge in [-0.2, -0.15) is 0 Å². The minimum Gasteiger partial charge on any atom is -0.396 e. The zero-order chi connectivity index (χ0) is 8.97. The number of rotatable bonds is 3. The van der Waals surface area contributed by atoms with Crippen LogP contribution in [0.2, 0.25) is 5.02 Å². The smallest absolute Gasteiger partial charge is 0.0449 e. The van der Waals surface area contributed by atoms with Gasteiger partial charge in [-0.25, -0.2) is 0 Å². The van der Waals surface area contributed by atoms with Crippen molar-refractivity contribution in [1.29, 1.82) is 0 Å². The Morgan fingerprint density at radius 1 is 1.31 bits per heavy atom. The molecule has 3 N–H and O–H groups in total. The van der Waals surface area contributed by atoms with Crippen molar-refractivity contribution in [2.24, 2.45) is 5.73 Å². The van der Waals surface area contributed by atoms with Gasteiger partial charge in [0.25, 0.3) is 0 Å². The topological polar surface area (TPSA) is 46.2 Å². The third kappa shape index (κ3) is 3.96. The molecule has 0 heterocycles. The summed E-state index contributed by atoms with van der Waals surface area (Å²) >= 11 is 5.70. The van der Waals surface area contributed by atoms with E-state index in [1.807, 2.05) is 12.1 Å². The van der Waals surface area contributed by atoms with Crippen molar-refractivity contribution in [3.63, 3.8) is 0 Å². The van der Waals surface area contributed by atoms with Gasteiger partial charge in [0.15, 0.2) is 0 Å². The van der Waals surface area contributed by atoms with Crippen molar-refractivity contribution in [2.75, 3.05) is 6.61 Å². The van der Waals surface area contributed by atoms with Crippen LogP contribution in [0.25, 0.3) is 0 Å². The molecular weight excluding hydrogens is 209 g/mol. The number of aliphatic hydroxyl groups excluding tert-OH is 1. The van der Waals surface area contributed by atoms with Gasteiger partial charge in [-0.3, -0.25) is 0 Å². The maximum atomic E-state index is 8.65. The van der Waals surface area contributed by atoms with Gasteiger partial charge in [0.2, 0.25) is 0 Å². The molecule has 0 saturated heterocycles. The number of hydrogen-bond acceptors (Lipinski definition) is 2. The van der Waals surface area contributed by atoms with Crippen LogP contribution >= 0.6 is 24.0 Å². The maximum Gasteiger partial charge on any atom is 0.0449 e. The highest BCUT2D eigenvalue weighted by atomic mass is 35.5. The number of aliphatic hydroxyl groups is 1. The van der Waals surface area contributed by atoms with E-state index in [9.17, 15) is 0 Å². The van der Waals surface area contributed by atoms with E-state index in [0.717, 1.165) is 5.56 Å². The highest BCUT2D eigenvalue weighted by Gasteiger charge is 2.03. The Kier molecular flexibility index (Phi) is 6.08. The van der Waals surface area contributed by atoms with E-state index in [1.165, 1.54) is 0 Å². The van der Waals surface area contributed by atoms with Crippen LogP contribution in [0, 0.1) is 0 Å². The van der Waals surface area contributed by atoms with E-state index in [0.29, 0.717) is 11.4 Å². The minimum atomic E-state index is -0.0905. The third-order valence-corrected chi connectivity index (χ3v) is 1.99. The molecule has 2 nitrogen and oxygen atoms in total. The maximum absolute atomic E-state index is 8.65. The highest BCUT2D eigenvalue weighted by Crippen LogP contribution is 2.16. The predicted molar refractivity (Wildman–Crippen MR) is 57.3 cm³/mol. The Labute approximate surface area is 89.1 Å². The zero-order valence-corrected chi connectivity index (χ0v) is 8.68. The lowest BCUT2D eigenvalue weighted by molar-refractivity contribution is 0.276. The van der Waals surface area contributed by atoms with Crippen LogP contribution in [-0.4, -0.2) is 11.7 Å². The summed E-state index contributed by atoms with van der Waals surface area (Å²) in [5.74, 6) is 0. The fraction of sp³-hybridized carbons (Fsp3) is 0.333. The molecule has 0 aromatic heterocycles.